The Labute approximate surface area is 107 Å². The second-order valence-corrected chi connectivity index (χ2v) is 5.86. The van der Waals surface area contributed by atoms with Crippen LogP contribution in [0.1, 0.15) is 25.8 Å². The van der Waals surface area contributed by atoms with Crippen molar-refractivity contribution in [2.75, 3.05) is 0 Å². The molecule has 0 amide bonds. The SMILES string of the molecule is CC1CC(n2c(=S)[nH]c3cc(Br)cnc32)C1. The molecule has 0 radical (unpaired) electrons. The standard InChI is InChI=1S/C11H12BrN3S/c1-6-2-8(3-6)15-10-9(14-11(15)16)4-7(12)5-13-10/h4-6,8H,2-3H2,1H3,(H,14,16). The van der Waals surface area contributed by atoms with Crippen LogP contribution in [0.15, 0.2) is 16.7 Å². The van der Waals surface area contributed by atoms with E-state index in [2.05, 4.69) is 37.4 Å². The number of hydrogen-bond acceptors (Lipinski definition) is 2. The topological polar surface area (TPSA) is 33.6 Å². The van der Waals surface area contributed by atoms with Crippen LogP contribution in [0.5, 0.6) is 0 Å². The third kappa shape index (κ3) is 1.53. The largest absolute Gasteiger partial charge is 0.329 e. The molecule has 1 N–H and O–H groups in total. The van der Waals surface area contributed by atoms with E-state index in [1.807, 2.05) is 12.3 Å². The molecule has 3 nitrogen and oxygen atoms in total. The molecule has 3 rings (SSSR count). The zero-order valence-electron chi connectivity index (χ0n) is 8.90. The van der Waals surface area contributed by atoms with Crippen molar-refractivity contribution in [2.45, 2.75) is 25.8 Å². The van der Waals surface area contributed by atoms with Crippen LogP contribution in [0.3, 0.4) is 0 Å². The lowest BCUT2D eigenvalue weighted by atomic mass is 9.82. The summed E-state index contributed by atoms with van der Waals surface area (Å²) in [4.78, 5) is 7.66. The number of fused-ring (bicyclic) bond motifs is 1. The summed E-state index contributed by atoms with van der Waals surface area (Å²) in [5, 5.41) is 0. The molecule has 5 heteroatoms. The van der Waals surface area contributed by atoms with Gasteiger partial charge in [0.25, 0.3) is 0 Å². The molecule has 1 aliphatic carbocycles. The Morgan fingerprint density at radius 1 is 1.56 bits per heavy atom. The second-order valence-electron chi connectivity index (χ2n) is 4.56. The molecule has 2 aromatic heterocycles. The van der Waals surface area contributed by atoms with E-state index in [0.29, 0.717) is 6.04 Å². The molecule has 1 aliphatic rings. The fraction of sp³-hybridized carbons (Fsp3) is 0.455. The van der Waals surface area contributed by atoms with Crippen LogP contribution >= 0.6 is 28.1 Å². The molecule has 0 aromatic carbocycles. The van der Waals surface area contributed by atoms with Crippen molar-refractivity contribution in [3.05, 3.63) is 21.5 Å². The lowest BCUT2D eigenvalue weighted by Crippen LogP contribution is -2.24. The van der Waals surface area contributed by atoms with Crippen molar-refractivity contribution in [1.29, 1.82) is 0 Å². The summed E-state index contributed by atoms with van der Waals surface area (Å²) >= 11 is 8.78. The molecule has 0 spiro atoms. The van der Waals surface area contributed by atoms with Crippen molar-refractivity contribution in [2.24, 2.45) is 5.92 Å². The molecule has 1 fully saturated rings. The quantitative estimate of drug-likeness (QED) is 0.812. The van der Waals surface area contributed by atoms with Crippen molar-refractivity contribution in [3.63, 3.8) is 0 Å². The normalized spacial score (nSPS) is 24.6. The molecule has 84 valence electrons. The molecule has 0 saturated heterocycles. The minimum atomic E-state index is 0.532. The zero-order valence-corrected chi connectivity index (χ0v) is 11.3. The lowest BCUT2D eigenvalue weighted by molar-refractivity contribution is 0.218. The summed E-state index contributed by atoms with van der Waals surface area (Å²) in [6.07, 6.45) is 4.24. The van der Waals surface area contributed by atoms with E-state index in [1.165, 1.54) is 12.8 Å². The van der Waals surface area contributed by atoms with Crippen LogP contribution in [-0.4, -0.2) is 14.5 Å². The van der Waals surface area contributed by atoms with Gasteiger partial charge in [0, 0.05) is 16.7 Å². The summed E-state index contributed by atoms with van der Waals surface area (Å²) in [6, 6.07) is 2.56. The summed E-state index contributed by atoms with van der Waals surface area (Å²) in [6.45, 7) is 2.28. The second kappa shape index (κ2) is 3.67. The number of hydrogen-bond donors (Lipinski definition) is 1. The van der Waals surface area contributed by atoms with E-state index in [-0.39, 0.29) is 0 Å². The minimum absolute atomic E-state index is 0.532. The van der Waals surface area contributed by atoms with Gasteiger partial charge in [-0.25, -0.2) is 4.98 Å². The van der Waals surface area contributed by atoms with E-state index < -0.39 is 0 Å². The van der Waals surface area contributed by atoms with Gasteiger partial charge < -0.3 is 4.98 Å². The predicted octanol–water partition coefficient (Wildman–Crippen LogP) is 3.83. The van der Waals surface area contributed by atoms with Gasteiger partial charge in [-0.3, -0.25) is 4.57 Å². The average molecular weight is 298 g/mol. The number of halogens is 1. The number of imidazole rings is 1. The third-order valence-corrected chi connectivity index (χ3v) is 3.97. The molecule has 0 bridgehead atoms. The lowest BCUT2D eigenvalue weighted by Gasteiger charge is -2.33. The first-order valence-electron chi connectivity index (χ1n) is 5.41. The summed E-state index contributed by atoms with van der Waals surface area (Å²) in [5.41, 5.74) is 1.99. The highest BCUT2D eigenvalue weighted by atomic mass is 79.9. The molecule has 0 aliphatic heterocycles. The molecular formula is C11H12BrN3S. The van der Waals surface area contributed by atoms with Crippen LogP contribution in [-0.2, 0) is 0 Å². The van der Waals surface area contributed by atoms with Gasteiger partial charge in [-0.1, -0.05) is 6.92 Å². The Morgan fingerprint density at radius 2 is 2.31 bits per heavy atom. The van der Waals surface area contributed by atoms with E-state index >= 15 is 0 Å². The van der Waals surface area contributed by atoms with Crippen LogP contribution in [0.4, 0.5) is 0 Å². The molecule has 2 aromatic rings. The van der Waals surface area contributed by atoms with Gasteiger partial charge >= 0.3 is 0 Å². The first kappa shape index (κ1) is 10.5. The third-order valence-electron chi connectivity index (χ3n) is 3.24. The summed E-state index contributed by atoms with van der Waals surface area (Å²) in [7, 11) is 0. The van der Waals surface area contributed by atoms with Gasteiger partial charge in [-0.15, -0.1) is 0 Å². The number of aromatic nitrogens is 3. The van der Waals surface area contributed by atoms with Gasteiger partial charge in [0.15, 0.2) is 10.4 Å². The first-order chi connectivity index (χ1) is 7.65. The molecular weight excluding hydrogens is 286 g/mol. The molecule has 1 saturated carbocycles. The van der Waals surface area contributed by atoms with Gasteiger partial charge in [0.2, 0.25) is 0 Å². The van der Waals surface area contributed by atoms with Gasteiger partial charge in [-0.2, -0.15) is 0 Å². The summed E-state index contributed by atoms with van der Waals surface area (Å²) < 4.78 is 3.93. The van der Waals surface area contributed by atoms with Crippen LogP contribution in [0, 0.1) is 10.7 Å². The average Bonchev–Trinajstić information content (AvgIpc) is 2.48. The minimum Gasteiger partial charge on any atom is -0.329 e. The first-order valence-corrected chi connectivity index (χ1v) is 6.61. The molecule has 0 atom stereocenters. The Hall–Kier alpha value is -0.680. The van der Waals surface area contributed by atoms with Crippen molar-refractivity contribution >= 4 is 39.3 Å². The van der Waals surface area contributed by atoms with Gasteiger partial charge in [0.1, 0.15) is 0 Å². The van der Waals surface area contributed by atoms with E-state index in [0.717, 1.165) is 26.3 Å². The molecule has 0 unspecified atom stereocenters. The van der Waals surface area contributed by atoms with Crippen molar-refractivity contribution in [1.82, 2.24) is 14.5 Å². The number of nitrogens with zero attached hydrogens (tertiary/aromatic N) is 2. The Kier molecular flexibility index (Phi) is 2.40. The van der Waals surface area contributed by atoms with E-state index in [1.54, 1.807) is 0 Å². The van der Waals surface area contributed by atoms with Crippen molar-refractivity contribution in [3.8, 4) is 0 Å². The van der Waals surface area contributed by atoms with Crippen LogP contribution in [0.2, 0.25) is 0 Å². The van der Waals surface area contributed by atoms with Gasteiger partial charge in [-0.05, 0) is 53.0 Å². The maximum absolute atomic E-state index is 5.36. The van der Waals surface area contributed by atoms with Crippen LogP contribution in [0.25, 0.3) is 11.2 Å². The Bertz CT molecular complexity index is 595. The zero-order chi connectivity index (χ0) is 11.3. The number of pyridine rings is 1. The number of aromatic amines is 1. The Morgan fingerprint density at radius 3 is 3.00 bits per heavy atom. The fourth-order valence-corrected chi connectivity index (χ4v) is 3.07. The highest BCUT2D eigenvalue weighted by Gasteiger charge is 2.28. The highest BCUT2D eigenvalue weighted by molar-refractivity contribution is 9.10. The highest BCUT2D eigenvalue weighted by Crippen LogP contribution is 2.38. The maximum atomic E-state index is 5.36. The smallest absolute Gasteiger partial charge is 0.179 e. The number of rotatable bonds is 1. The number of nitrogens with one attached hydrogen (secondary N) is 1. The monoisotopic (exact) mass is 297 g/mol. The summed E-state index contributed by atoms with van der Waals surface area (Å²) in [5.74, 6) is 0.812. The van der Waals surface area contributed by atoms with Gasteiger partial charge in [0.05, 0.1) is 5.52 Å². The van der Waals surface area contributed by atoms with E-state index in [4.69, 9.17) is 12.2 Å². The maximum Gasteiger partial charge on any atom is 0.179 e. The van der Waals surface area contributed by atoms with Crippen LogP contribution < -0.4 is 0 Å². The predicted molar refractivity (Wildman–Crippen MR) is 70.1 cm³/mol. The van der Waals surface area contributed by atoms with E-state index in [9.17, 15) is 0 Å². The fourth-order valence-electron chi connectivity index (χ4n) is 2.40. The molecule has 2 heterocycles. The number of H-pyrrole nitrogens is 1. The Balaban J connectivity index is 2.17. The van der Waals surface area contributed by atoms with Crippen molar-refractivity contribution < 1.29 is 0 Å². The molecule has 16 heavy (non-hydrogen) atoms.